The van der Waals surface area contributed by atoms with E-state index in [0.29, 0.717) is 51.5 Å². The Labute approximate surface area is 327 Å². The summed E-state index contributed by atoms with van der Waals surface area (Å²) in [6, 6.07) is 38.1. The second kappa shape index (κ2) is 18.6. The van der Waals surface area contributed by atoms with Crippen LogP contribution in [-0.2, 0) is 9.59 Å². The molecular formula is C43H38N4O6S2. The van der Waals surface area contributed by atoms with E-state index in [9.17, 15) is 14.4 Å². The number of benzene rings is 5. The summed E-state index contributed by atoms with van der Waals surface area (Å²) in [6.07, 6.45) is 1.61. The fourth-order valence-corrected chi connectivity index (χ4v) is 7.17. The molecule has 1 unspecified atom stereocenters. The van der Waals surface area contributed by atoms with Crippen LogP contribution in [0.2, 0.25) is 0 Å². The number of carbonyl (C=O) groups excluding carboxylic acids is 3. The number of ether oxygens (including phenoxy) is 3. The summed E-state index contributed by atoms with van der Waals surface area (Å²) in [7, 11) is 3.16. The van der Waals surface area contributed by atoms with E-state index in [1.54, 1.807) is 68.8 Å². The van der Waals surface area contributed by atoms with Crippen molar-refractivity contribution in [3.05, 3.63) is 155 Å². The molecule has 0 bridgehead atoms. The third kappa shape index (κ3) is 10.2. The van der Waals surface area contributed by atoms with Crippen LogP contribution in [0.5, 0.6) is 17.2 Å². The number of amides is 3. The number of thioether (sulfide) groups is 1. The Bertz CT molecular complexity index is 2260. The predicted molar refractivity (Wildman–Crippen MR) is 219 cm³/mol. The fourth-order valence-electron chi connectivity index (χ4n) is 5.42. The molecule has 0 saturated heterocycles. The summed E-state index contributed by atoms with van der Waals surface area (Å²) >= 11 is 2.70. The first-order valence-corrected chi connectivity index (χ1v) is 19.0. The van der Waals surface area contributed by atoms with Gasteiger partial charge < -0.3 is 30.2 Å². The molecule has 0 fully saturated rings. The molecule has 278 valence electrons. The molecule has 0 radical (unpaired) electrons. The number of aromatic nitrogens is 1. The number of rotatable bonds is 15. The Morgan fingerprint density at radius 1 is 0.800 bits per heavy atom. The third-order valence-corrected chi connectivity index (χ3v) is 10.2. The summed E-state index contributed by atoms with van der Waals surface area (Å²) in [4.78, 5) is 46.0. The zero-order valence-electron chi connectivity index (χ0n) is 30.3. The van der Waals surface area contributed by atoms with E-state index >= 15 is 0 Å². The highest BCUT2D eigenvalue weighted by Crippen LogP contribution is 2.38. The van der Waals surface area contributed by atoms with Crippen molar-refractivity contribution in [1.29, 1.82) is 0 Å². The lowest BCUT2D eigenvalue weighted by Crippen LogP contribution is -2.30. The van der Waals surface area contributed by atoms with Crippen LogP contribution in [0, 0.1) is 0 Å². The zero-order chi connectivity index (χ0) is 38.6. The smallest absolute Gasteiger partial charge is 0.272 e. The third-order valence-electron chi connectivity index (χ3n) is 8.15. The zero-order valence-corrected chi connectivity index (χ0v) is 31.9. The van der Waals surface area contributed by atoms with Crippen LogP contribution in [0.25, 0.3) is 17.3 Å². The van der Waals surface area contributed by atoms with Crippen LogP contribution in [0.4, 0.5) is 10.8 Å². The number of nitrogens with zero attached hydrogens (tertiary/aromatic N) is 1. The molecule has 3 amide bonds. The average molecular weight is 771 g/mol. The minimum absolute atomic E-state index is 0.0637. The molecule has 0 spiro atoms. The SMILES string of the molecule is CCOc1ccc(/C=C(\NC(=O)c2ccccc2)C(=O)Nc2ccc(SC(C(=O)Nc3nc(-c4ccc(OC)c(OC)c4)cs3)c3ccccc3)cc2)cc1. The maximum atomic E-state index is 13.8. The van der Waals surface area contributed by atoms with E-state index in [1.807, 2.05) is 91.2 Å². The molecule has 10 nitrogen and oxygen atoms in total. The van der Waals surface area contributed by atoms with Crippen LogP contribution in [0.15, 0.2) is 143 Å². The quantitative estimate of drug-likeness (QED) is 0.0697. The number of nitrogens with one attached hydrogen (secondary N) is 3. The molecule has 0 aliphatic rings. The van der Waals surface area contributed by atoms with Gasteiger partial charge in [-0.2, -0.15) is 0 Å². The lowest BCUT2D eigenvalue weighted by Gasteiger charge is -2.17. The maximum Gasteiger partial charge on any atom is 0.272 e. The summed E-state index contributed by atoms with van der Waals surface area (Å²) in [5.41, 5.74) is 4.03. The highest BCUT2D eigenvalue weighted by atomic mass is 32.2. The first-order valence-electron chi connectivity index (χ1n) is 17.3. The molecule has 6 rings (SSSR count). The van der Waals surface area contributed by atoms with E-state index < -0.39 is 17.1 Å². The number of methoxy groups -OCH3 is 2. The molecular weight excluding hydrogens is 733 g/mol. The standard InChI is InChI=1S/C43H38N4O6S2/c1-4-53-33-20-15-28(16-21-33)25-35(45-40(48)30-13-9-6-10-14-30)41(49)44-32-18-22-34(23-19-32)55-39(29-11-7-5-8-12-29)42(50)47-43-46-36(27-54-43)31-17-24-37(51-2)38(26-31)52-3/h5-27,39H,4H2,1-3H3,(H,44,49)(H,45,48)(H,46,47,50)/b35-25-. The Morgan fingerprint density at radius 2 is 1.49 bits per heavy atom. The van der Waals surface area contributed by atoms with Crippen molar-refractivity contribution in [2.75, 3.05) is 31.5 Å². The number of carbonyl (C=O) groups is 3. The maximum absolute atomic E-state index is 13.8. The number of hydrogen-bond donors (Lipinski definition) is 3. The summed E-state index contributed by atoms with van der Waals surface area (Å²) in [6.45, 7) is 2.44. The van der Waals surface area contributed by atoms with Gasteiger partial charge in [0.25, 0.3) is 11.8 Å². The van der Waals surface area contributed by atoms with Crippen LogP contribution in [-0.4, -0.2) is 43.5 Å². The Morgan fingerprint density at radius 3 is 2.16 bits per heavy atom. The van der Waals surface area contributed by atoms with E-state index in [2.05, 4.69) is 20.9 Å². The van der Waals surface area contributed by atoms with Crippen molar-refractivity contribution >= 4 is 57.7 Å². The normalized spacial score (nSPS) is 11.6. The average Bonchev–Trinajstić information content (AvgIpc) is 3.69. The van der Waals surface area contributed by atoms with Crippen molar-refractivity contribution < 1.29 is 28.6 Å². The van der Waals surface area contributed by atoms with E-state index in [0.717, 1.165) is 16.0 Å². The lowest BCUT2D eigenvalue weighted by atomic mass is 10.1. The Balaban J connectivity index is 1.16. The second-order valence-corrected chi connectivity index (χ2v) is 13.9. The van der Waals surface area contributed by atoms with Crippen LogP contribution < -0.4 is 30.2 Å². The van der Waals surface area contributed by atoms with Crippen LogP contribution in [0.3, 0.4) is 0 Å². The van der Waals surface area contributed by atoms with Gasteiger partial charge in [-0.15, -0.1) is 23.1 Å². The van der Waals surface area contributed by atoms with Crippen molar-refractivity contribution in [1.82, 2.24) is 10.3 Å². The first-order chi connectivity index (χ1) is 26.8. The van der Waals surface area contributed by atoms with Gasteiger partial charge in [-0.05, 0) is 90.9 Å². The monoisotopic (exact) mass is 770 g/mol. The molecule has 5 aromatic carbocycles. The van der Waals surface area contributed by atoms with Crippen LogP contribution >= 0.6 is 23.1 Å². The van der Waals surface area contributed by atoms with Crippen molar-refractivity contribution in [2.24, 2.45) is 0 Å². The van der Waals surface area contributed by atoms with Gasteiger partial charge in [-0.25, -0.2) is 4.98 Å². The van der Waals surface area contributed by atoms with E-state index in [4.69, 9.17) is 14.2 Å². The van der Waals surface area contributed by atoms with Gasteiger partial charge in [-0.1, -0.05) is 60.7 Å². The predicted octanol–water partition coefficient (Wildman–Crippen LogP) is 9.11. The number of anilines is 2. The Kier molecular flexibility index (Phi) is 13.0. The van der Waals surface area contributed by atoms with E-state index in [1.165, 1.54) is 23.1 Å². The number of hydrogen-bond acceptors (Lipinski definition) is 9. The number of thiazole rings is 1. The first kappa shape index (κ1) is 38.4. The van der Waals surface area contributed by atoms with Crippen molar-refractivity contribution in [2.45, 2.75) is 17.1 Å². The van der Waals surface area contributed by atoms with Gasteiger partial charge in [-0.3, -0.25) is 14.4 Å². The molecule has 0 saturated carbocycles. The van der Waals surface area contributed by atoms with Gasteiger partial charge in [0, 0.05) is 27.1 Å². The summed E-state index contributed by atoms with van der Waals surface area (Å²) in [5.74, 6) is 0.741. The molecule has 1 heterocycles. The highest BCUT2D eigenvalue weighted by Gasteiger charge is 2.24. The molecule has 1 aromatic heterocycles. The highest BCUT2D eigenvalue weighted by molar-refractivity contribution is 8.00. The molecule has 6 aromatic rings. The van der Waals surface area contributed by atoms with Crippen molar-refractivity contribution in [3.8, 4) is 28.5 Å². The largest absolute Gasteiger partial charge is 0.494 e. The van der Waals surface area contributed by atoms with E-state index in [-0.39, 0.29) is 11.6 Å². The van der Waals surface area contributed by atoms with Crippen molar-refractivity contribution in [3.63, 3.8) is 0 Å². The molecule has 12 heteroatoms. The summed E-state index contributed by atoms with van der Waals surface area (Å²) in [5, 5.41) is 10.4. The molecule has 55 heavy (non-hydrogen) atoms. The van der Waals surface area contributed by atoms with Gasteiger partial charge in [0.05, 0.1) is 26.5 Å². The minimum Gasteiger partial charge on any atom is -0.494 e. The molecule has 0 aliphatic heterocycles. The molecule has 0 aliphatic carbocycles. The fraction of sp³-hybridized carbons (Fsp3) is 0.116. The second-order valence-electron chi connectivity index (χ2n) is 11.9. The summed E-state index contributed by atoms with van der Waals surface area (Å²) < 4.78 is 16.3. The minimum atomic E-state index is -0.605. The van der Waals surface area contributed by atoms with Crippen LogP contribution in [0.1, 0.15) is 33.7 Å². The van der Waals surface area contributed by atoms with Gasteiger partial charge in [0.15, 0.2) is 16.6 Å². The molecule has 1 atom stereocenters. The van der Waals surface area contributed by atoms with Gasteiger partial charge >= 0.3 is 0 Å². The molecule has 3 N–H and O–H groups in total. The van der Waals surface area contributed by atoms with Gasteiger partial charge in [0.1, 0.15) is 16.7 Å². The van der Waals surface area contributed by atoms with Gasteiger partial charge in [0.2, 0.25) is 5.91 Å². The topological polar surface area (TPSA) is 128 Å². The lowest BCUT2D eigenvalue weighted by molar-refractivity contribution is -0.116. The Hall–Kier alpha value is -6.37.